The summed E-state index contributed by atoms with van der Waals surface area (Å²) in [4.78, 5) is 25.5. The van der Waals surface area contributed by atoms with Crippen LogP contribution in [0.4, 0.5) is 0 Å². The molecular weight excluding hydrogens is 532 g/mol. The van der Waals surface area contributed by atoms with Gasteiger partial charge in [-0.2, -0.15) is 0 Å². The first-order valence-corrected chi connectivity index (χ1v) is 12.5. The lowest BCUT2D eigenvalue weighted by Gasteiger charge is -2.48. The minimum absolute atomic E-state index is 0.247. The number of aliphatic hydroxyl groups is 7. The zero-order valence-corrected chi connectivity index (χ0v) is 21.2. The quantitative estimate of drug-likeness (QED) is 0.150. The number of methoxy groups -OCH3 is 1. The maximum Gasteiger partial charge on any atom is 0.252 e. The van der Waals surface area contributed by atoms with Gasteiger partial charge in [0.2, 0.25) is 5.91 Å². The molecule has 0 aromatic heterocycles. The van der Waals surface area contributed by atoms with Crippen molar-refractivity contribution in [2.24, 2.45) is 0 Å². The van der Waals surface area contributed by atoms with E-state index in [1.165, 1.54) is 14.0 Å². The van der Waals surface area contributed by atoms with Crippen molar-refractivity contribution in [1.82, 2.24) is 10.6 Å². The Labute approximate surface area is 222 Å². The number of amides is 2. The zero-order chi connectivity index (χ0) is 28.6. The third-order valence-corrected chi connectivity index (χ3v) is 7.26. The Hall–Kier alpha value is -1.58. The summed E-state index contributed by atoms with van der Waals surface area (Å²) in [5, 5.41) is 78.4. The average Bonchev–Trinajstić information content (AvgIpc) is 2.90. The largest absolute Gasteiger partial charge is 0.394 e. The van der Waals surface area contributed by atoms with Gasteiger partial charge in [-0.15, -0.1) is 0 Å². The van der Waals surface area contributed by atoms with Crippen LogP contribution in [0.1, 0.15) is 13.3 Å². The standard InChI is InChI=1S/C22H36N2O15/c1-6-10(27)17-15(32)22(35-6)37-16-9(20(34-2)36-7(5-25)11(16)28)24-8(26)3-4-23-19(33)18-13(30)12(29)14(31)21(38-17)39-18/h6-7,9-18,20-22,25,27-32H,3-5H2,1-2H3,(H,23,33)(H,24,26)/t6-,7+,9+,10-,11+,12+,13+,14+,15+,16+,17+,18+,20+,21+,22-/m0/s1. The van der Waals surface area contributed by atoms with E-state index in [9.17, 15) is 45.3 Å². The number of ether oxygens (including phenoxy) is 6. The molecule has 0 aliphatic carbocycles. The van der Waals surface area contributed by atoms with Crippen molar-refractivity contribution in [3.63, 3.8) is 0 Å². The fraction of sp³-hybridized carbons (Fsp3) is 0.909. The van der Waals surface area contributed by atoms with Gasteiger partial charge < -0.3 is 74.8 Å². The summed E-state index contributed by atoms with van der Waals surface area (Å²) in [7, 11) is 1.26. The van der Waals surface area contributed by atoms with E-state index in [0.29, 0.717) is 0 Å². The fourth-order valence-corrected chi connectivity index (χ4v) is 5.00. The van der Waals surface area contributed by atoms with Gasteiger partial charge in [0, 0.05) is 20.1 Å². The van der Waals surface area contributed by atoms with Crippen LogP contribution in [0, 0.1) is 0 Å². The van der Waals surface area contributed by atoms with Crippen LogP contribution in [-0.4, -0.2) is 160 Å². The fourth-order valence-electron chi connectivity index (χ4n) is 5.00. The SMILES string of the molecule is CO[C@@H]1O[C@H](CO)[C@@H](O)[C@@H]2O[C@@H]3O[C@@H](C)[C@H](O)[C@@H](O[C@@H]4O[C@@H](C(=O)NCCC(=O)N[C@@H]12)[C@H](O)[C@@H](O)[C@H]4O)[C@H]3O. The molecule has 4 rings (SSSR count). The minimum atomic E-state index is -1.90. The van der Waals surface area contributed by atoms with Gasteiger partial charge in [0.25, 0.3) is 5.91 Å². The summed E-state index contributed by atoms with van der Waals surface area (Å²) in [6.45, 7) is 0.529. The summed E-state index contributed by atoms with van der Waals surface area (Å²) < 4.78 is 33.4. The summed E-state index contributed by atoms with van der Waals surface area (Å²) in [6.07, 6.45) is -22.4. The molecule has 0 saturated carbocycles. The molecule has 224 valence electrons. The molecule has 15 atom stereocenters. The van der Waals surface area contributed by atoms with Crippen LogP contribution < -0.4 is 10.6 Å². The van der Waals surface area contributed by atoms with Gasteiger partial charge in [0.05, 0.1) is 12.7 Å². The Kier molecular flexibility index (Phi) is 9.75. The molecule has 4 aliphatic rings. The Bertz CT molecular complexity index is 867. The first-order chi connectivity index (χ1) is 18.5. The van der Waals surface area contributed by atoms with Gasteiger partial charge in [-0.3, -0.25) is 9.59 Å². The van der Waals surface area contributed by atoms with Crippen LogP contribution >= 0.6 is 0 Å². The molecule has 4 heterocycles. The lowest BCUT2D eigenvalue weighted by Crippen LogP contribution is -2.69. The number of rotatable bonds is 2. The van der Waals surface area contributed by atoms with Crippen molar-refractivity contribution in [1.29, 1.82) is 0 Å². The minimum Gasteiger partial charge on any atom is -0.394 e. The second kappa shape index (κ2) is 12.5. The van der Waals surface area contributed by atoms with Crippen molar-refractivity contribution >= 4 is 11.8 Å². The van der Waals surface area contributed by atoms with Crippen molar-refractivity contribution < 1.29 is 73.8 Å². The topological polar surface area (TPSA) is 255 Å². The maximum atomic E-state index is 12.8. The third kappa shape index (κ3) is 6.05. The lowest BCUT2D eigenvalue weighted by atomic mass is 9.95. The highest BCUT2D eigenvalue weighted by molar-refractivity contribution is 5.83. The van der Waals surface area contributed by atoms with Crippen LogP contribution in [0.15, 0.2) is 0 Å². The highest BCUT2D eigenvalue weighted by atomic mass is 16.7. The molecule has 9 N–H and O–H groups in total. The average molecular weight is 569 g/mol. The summed E-state index contributed by atoms with van der Waals surface area (Å²) in [5.74, 6) is -1.57. The van der Waals surface area contributed by atoms with Crippen molar-refractivity contribution in [3.05, 3.63) is 0 Å². The molecule has 17 nitrogen and oxygen atoms in total. The van der Waals surface area contributed by atoms with Crippen molar-refractivity contribution in [2.45, 2.75) is 105 Å². The molecule has 0 radical (unpaired) electrons. The molecule has 4 fully saturated rings. The number of hydrogen-bond donors (Lipinski definition) is 9. The Morgan fingerprint density at radius 2 is 1.49 bits per heavy atom. The van der Waals surface area contributed by atoms with Gasteiger partial charge in [0.1, 0.15) is 61.0 Å². The molecule has 4 saturated heterocycles. The van der Waals surface area contributed by atoms with Gasteiger partial charge in [-0.25, -0.2) is 0 Å². The molecule has 2 amide bonds. The van der Waals surface area contributed by atoms with Gasteiger partial charge in [0.15, 0.2) is 25.0 Å². The first-order valence-electron chi connectivity index (χ1n) is 12.5. The molecule has 4 aliphatic heterocycles. The molecular formula is C22H36N2O15. The Morgan fingerprint density at radius 1 is 0.821 bits per heavy atom. The van der Waals surface area contributed by atoms with Crippen LogP contribution in [0.3, 0.4) is 0 Å². The molecule has 4 bridgehead atoms. The number of fused-ring (bicyclic) bond motifs is 5. The number of carbonyl (C=O) groups is 2. The van der Waals surface area contributed by atoms with E-state index in [4.69, 9.17) is 28.4 Å². The van der Waals surface area contributed by atoms with E-state index in [0.717, 1.165) is 0 Å². The van der Waals surface area contributed by atoms with Crippen molar-refractivity contribution in [3.8, 4) is 0 Å². The highest BCUT2D eigenvalue weighted by Gasteiger charge is 2.54. The molecule has 17 heteroatoms. The van der Waals surface area contributed by atoms with Crippen LogP contribution in [-0.2, 0) is 38.0 Å². The molecule has 0 spiro atoms. The maximum absolute atomic E-state index is 12.8. The van der Waals surface area contributed by atoms with E-state index < -0.39 is 110 Å². The molecule has 0 unspecified atom stereocenters. The second-order valence-corrected chi connectivity index (χ2v) is 9.88. The van der Waals surface area contributed by atoms with E-state index in [2.05, 4.69) is 10.6 Å². The molecule has 39 heavy (non-hydrogen) atoms. The van der Waals surface area contributed by atoms with Crippen LogP contribution in [0.2, 0.25) is 0 Å². The number of nitrogens with one attached hydrogen (secondary N) is 2. The lowest BCUT2D eigenvalue weighted by molar-refractivity contribution is -0.367. The summed E-state index contributed by atoms with van der Waals surface area (Å²) >= 11 is 0. The molecule has 0 aromatic rings. The Balaban J connectivity index is 1.69. The van der Waals surface area contributed by atoms with Crippen molar-refractivity contribution in [2.75, 3.05) is 20.3 Å². The predicted octanol–water partition coefficient (Wildman–Crippen LogP) is -6.24. The first kappa shape index (κ1) is 30.4. The van der Waals surface area contributed by atoms with Gasteiger partial charge in [-0.05, 0) is 6.92 Å². The summed E-state index contributed by atoms with van der Waals surface area (Å²) in [6, 6.07) is -1.19. The smallest absolute Gasteiger partial charge is 0.252 e. The Morgan fingerprint density at radius 3 is 2.15 bits per heavy atom. The molecule has 0 aromatic carbocycles. The van der Waals surface area contributed by atoms with Gasteiger partial charge in [-0.1, -0.05) is 0 Å². The highest BCUT2D eigenvalue weighted by Crippen LogP contribution is 2.32. The van der Waals surface area contributed by atoms with E-state index in [1.54, 1.807) is 0 Å². The van der Waals surface area contributed by atoms with E-state index >= 15 is 0 Å². The summed E-state index contributed by atoms with van der Waals surface area (Å²) in [5.41, 5.74) is 0. The van der Waals surface area contributed by atoms with Gasteiger partial charge >= 0.3 is 0 Å². The van der Waals surface area contributed by atoms with Crippen LogP contribution in [0.25, 0.3) is 0 Å². The third-order valence-electron chi connectivity index (χ3n) is 7.26. The normalized spacial score (nSPS) is 49.9. The van der Waals surface area contributed by atoms with Crippen LogP contribution in [0.5, 0.6) is 0 Å². The number of hydrogen-bond acceptors (Lipinski definition) is 15. The monoisotopic (exact) mass is 568 g/mol. The second-order valence-electron chi connectivity index (χ2n) is 9.88. The predicted molar refractivity (Wildman–Crippen MR) is 121 cm³/mol. The van der Waals surface area contributed by atoms with E-state index in [1.807, 2.05) is 0 Å². The number of aliphatic hydroxyl groups excluding tert-OH is 7. The van der Waals surface area contributed by atoms with E-state index in [-0.39, 0.29) is 13.0 Å². The zero-order valence-electron chi connectivity index (χ0n) is 21.2. The number of carbonyl (C=O) groups excluding carboxylic acids is 2.